The summed E-state index contributed by atoms with van der Waals surface area (Å²) < 4.78 is 17.3. The van der Waals surface area contributed by atoms with Crippen LogP contribution in [0.2, 0.25) is 0 Å². The molecule has 0 spiro atoms. The van der Waals surface area contributed by atoms with Crippen LogP contribution in [-0.4, -0.2) is 60.8 Å². The lowest BCUT2D eigenvalue weighted by atomic mass is 9.77. The first-order valence-corrected chi connectivity index (χ1v) is 20.4. The molecule has 0 aliphatic rings. The third-order valence-corrected chi connectivity index (χ3v) is 10.5. The highest BCUT2D eigenvalue weighted by molar-refractivity contribution is 14.1. The number of carboxylic acid groups (broad SMARTS) is 1. The second kappa shape index (κ2) is 20.6. The number of nitrogens with zero attached hydrogens (tertiary/aromatic N) is 4. The molecule has 292 valence electrons. The largest absolute Gasteiger partial charge is 0.489 e. The Kier molecular flexibility index (Phi) is 14.8. The SMILES string of the molecule is CCOC(=O)c1csc(COc2ccc(I)cc2)n1.O=C(O)c1csc(COc2ccc(-c3cccc4cnccc34)cc2)n1.OB(O)c1cccc2cnccc12. The lowest BCUT2D eigenvalue weighted by molar-refractivity contribution is 0.0519. The third kappa shape index (κ3) is 11.4. The van der Waals surface area contributed by atoms with Gasteiger partial charge in [-0.25, -0.2) is 19.6 Å². The number of rotatable bonds is 11. The molecule has 0 aliphatic carbocycles. The molecule has 4 aromatic heterocycles. The number of carbonyl (C=O) groups is 2. The maximum atomic E-state index is 11.5. The van der Waals surface area contributed by atoms with Gasteiger partial charge in [-0.3, -0.25) is 9.97 Å². The van der Waals surface area contributed by atoms with E-state index in [9.17, 15) is 9.59 Å². The van der Waals surface area contributed by atoms with Crippen LogP contribution in [-0.2, 0) is 18.0 Å². The Morgan fingerprint density at radius 3 is 1.84 bits per heavy atom. The minimum absolute atomic E-state index is 0.0504. The predicted octanol–water partition coefficient (Wildman–Crippen LogP) is 8.05. The van der Waals surface area contributed by atoms with E-state index in [-0.39, 0.29) is 18.3 Å². The van der Waals surface area contributed by atoms with E-state index in [2.05, 4.69) is 48.6 Å². The first-order chi connectivity index (χ1) is 28.2. The lowest BCUT2D eigenvalue weighted by Gasteiger charge is -2.08. The van der Waals surface area contributed by atoms with Gasteiger partial charge >= 0.3 is 19.1 Å². The fraction of sp³-hybridized carbons (Fsp3) is 0.0952. The van der Waals surface area contributed by atoms with Crippen LogP contribution >= 0.6 is 45.3 Å². The molecular weight excluding hydrogens is 890 g/mol. The van der Waals surface area contributed by atoms with Gasteiger partial charge in [-0.05, 0) is 111 Å². The molecule has 58 heavy (non-hydrogen) atoms. The number of hydrogen-bond donors (Lipinski definition) is 3. The molecule has 0 fully saturated rings. The number of aromatic carboxylic acids is 1. The number of carbonyl (C=O) groups excluding carboxylic acids is 1. The van der Waals surface area contributed by atoms with Crippen LogP contribution in [0.1, 0.15) is 37.9 Å². The van der Waals surface area contributed by atoms with Crippen molar-refractivity contribution in [1.82, 2.24) is 19.9 Å². The number of benzene rings is 4. The van der Waals surface area contributed by atoms with Crippen molar-refractivity contribution >= 4 is 91.3 Å². The van der Waals surface area contributed by atoms with Gasteiger partial charge in [0.15, 0.2) is 11.4 Å². The van der Waals surface area contributed by atoms with Crippen LogP contribution < -0.4 is 14.9 Å². The molecular formula is C42H34BIN4O8S2. The minimum Gasteiger partial charge on any atom is -0.486 e. The molecule has 0 saturated carbocycles. The van der Waals surface area contributed by atoms with Crippen LogP contribution in [0.5, 0.6) is 11.5 Å². The van der Waals surface area contributed by atoms with Crippen molar-refractivity contribution in [1.29, 1.82) is 0 Å². The summed E-state index contributed by atoms with van der Waals surface area (Å²) in [6.07, 6.45) is 6.98. The van der Waals surface area contributed by atoms with Gasteiger partial charge in [0.05, 0.1) is 6.61 Å². The number of esters is 1. The third-order valence-electron chi connectivity index (χ3n) is 8.18. The number of carboxylic acids is 1. The molecule has 8 aromatic rings. The summed E-state index contributed by atoms with van der Waals surface area (Å²) in [6.45, 7) is 2.72. The van der Waals surface area contributed by atoms with Gasteiger partial charge in [0.1, 0.15) is 34.7 Å². The Labute approximate surface area is 355 Å². The molecule has 0 unspecified atom stereocenters. The second-order valence-corrected chi connectivity index (χ2v) is 15.2. The van der Waals surface area contributed by atoms with Crippen molar-refractivity contribution in [3.8, 4) is 22.6 Å². The monoisotopic (exact) mass is 924 g/mol. The van der Waals surface area contributed by atoms with Crippen LogP contribution in [0.15, 0.2) is 133 Å². The second-order valence-electron chi connectivity index (χ2n) is 12.1. The highest BCUT2D eigenvalue weighted by atomic mass is 127. The van der Waals surface area contributed by atoms with Gasteiger partial charge < -0.3 is 29.4 Å². The zero-order valence-corrected chi connectivity index (χ0v) is 34.6. The van der Waals surface area contributed by atoms with E-state index in [4.69, 9.17) is 29.4 Å². The number of pyridine rings is 2. The smallest absolute Gasteiger partial charge is 0.486 e. The summed E-state index contributed by atoms with van der Waals surface area (Å²) in [6, 6.07) is 30.9. The molecule has 0 radical (unpaired) electrons. The lowest BCUT2D eigenvalue weighted by Crippen LogP contribution is -2.30. The van der Waals surface area contributed by atoms with Crippen molar-refractivity contribution in [2.24, 2.45) is 0 Å². The molecule has 0 atom stereocenters. The zero-order valence-electron chi connectivity index (χ0n) is 30.8. The van der Waals surface area contributed by atoms with E-state index in [1.807, 2.05) is 79.0 Å². The summed E-state index contributed by atoms with van der Waals surface area (Å²) in [4.78, 5) is 38.6. The standard InChI is InChI=1S/C20H14N2O3S.C13H12INO3S.C9H8BNO2/c23-20(24)18-12-26-19(22-18)11-25-15-6-4-13(5-7-15)16-3-1-2-14-10-21-9-8-17(14)16;1-2-17-13(16)11-8-19-12(15-11)7-18-10-5-3-9(14)4-6-10;12-10(13)9-3-1-2-7-6-11-5-4-8(7)9/h1-10,12H,11H2,(H,23,24);3-6,8H,2,7H2,1H3;1-6,12-13H. The van der Waals surface area contributed by atoms with Crippen molar-refractivity contribution in [2.45, 2.75) is 20.1 Å². The summed E-state index contributed by atoms with van der Waals surface area (Å²) in [7, 11) is -1.42. The number of halogens is 1. The Hall–Kier alpha value is -5.79. The maximum Gasteiger partial charge on any atom is 0.489 e. The number of hydrogen-bond acceptors (Lipinski definition) is 13. The molecule has 0 aliphatic heterocycles. The van der Waals surface area contributed by atoms with Gasteiger partial charge in [0.25, 0.3) is 0 Å². The zero-order chi connectivity index (χ0) is 40.9. The molecule has 4 heterocycles. The topological polar surface area (TPSA) is 174 Å². The quantitative estimate of drug-likeness (QED) is 0.0648. The van der Waals surface area contributed by atoms with Gasteiger partial charge in [-0.2, -0.15) is 0 Å². The molecule has 0 bridgehead atoms. The Morgan fingerprint density at radius 1 is 0.707 bits per heavy atom. The molecule has 8 rings (SSSR count). The Balaban J connectivity index is 0.000000156. The van der Waals surface area contributed by atoms with Crippen molar-refractivity contribution in [2.75, 3.05) is 6.61 Å². The van der Waals surface area contributed by atoms with Crippen LogP contribution in [0.3, 0.4) is 0 Å². The van der Waals surface area contributed by atoms with Crippen LogP contribution in [0.25, 0.3) is 32.7 Å². The summed E-state index contributed by atoms with van der Waals surface area (Å²) in [5, 5.41) is 35.6. The van der Waals surface area contributed by atoms with Gasteiger partial charge in [-0.1, -0.05) is 48.5 Å². The molecule has 0 amide bonds. The van der Waals surface area contributed by atoms with Crippen molar-refractivity contribution in [3.05, 3.63) is 158 Å². The number of ether oxygens (including phenoxy) is 3. The predicted molar refractivity (Wildman–Crippen MR) is 234 cm³/mol. The van der Waals surface area contributed by atoms with E-state index in [0.717, 1.165) is 47.0 Å². The van der Waals surface area contributed by atoms with Gasteiger partial charge in [-0.15, -0.1) is 22.7 Å². The van der Waals surface area contributed by atoms with Gasteiger partial charge in [0.2, 0.25) is 0 Å². The van der Waals surface area contributed by atoms with E-state index < -0.39 is 13.1 Å². The first-order valence-electron chi connectivity index (χ1n) is 17.6. The summed E-state index contributed by atoms with van der Waals surface area (Å²) in [5.41, 5.74) is 3.14. The molecule has 4 aromatic carbocycles. The van der Waals surface area contributed by atoms with Crippen molar-refractivity contribution in [3.63, 3.8) is 0 Å². The Morgan fingerprint density at radius 2 is 1.26 bits per heavy atom. The fourth-order valence-corrected chi connectivity index (χ4v) is 7.16. The fourth-order valence-electron chi connectivity index (χ4n) is 5.45. The van der Waals surface area contributed by atoms with Crippen molar-refractivity contribution < 1.29 is 39.0 Å². The highest BCUT2D eigenvalue weighted by Crippen LogP contribution is 2.29. The minimum atomic E-state index is -1.42. The van der Waals surface area contributed by atoms with Gasteiger partial charge in [0, 0.05) is 44.5 Å². The van der Waals surface area contributed by atoms with Crippen LogP contribution in [0.4, 0.5) is 0 Å². The number of fused-ring (bicyclic) bond motifs is 2. The van der Waals surface area contributed by atoms with E-state index >= 15 is 0 Å². The highest BCUT2D eigenvalue weighted by Gasteiger charge is 2.14. The molecule has 0 saturated heterocycles. The average Bonchev–Trinajstić information content (AvgIpc) is 3.94. The Bertz CT molecular complexity index is 2600. The molecule has 3 N–H and O–H groups in total. The van der Waals surface area contributed by atoms with E-state index in [1.165, 1.54) is 28.1 Å². The van der Waals surface area contributed by atoms with E-state index in [1.54, 1.807) is 49.1 Å². The number of thiazole rings is 2. The normalized spacial score (nSPS) is 10.5. The summed E-state index contributed by atoms with van der Waals surface area (Å²) >= 11 is 4.90. The van der Waals surface area contributed by atoms with E-state index in [0.29, 0.717) is 35.1 Å². The first kappa shape index (κ1) is 41.8. The maximum absolute atomic E-state index is 11.5. The summed E-state index contributed by atoms with van der Waals surface area (Å²) in [5.74, 6) is 0.0810. The molecule has 12 nitrogen and oxygen atoms in total. The number of aromatic nitrogens is 4. The average molecular weight is 925 g/mol. The van der Waals surface area contributed by atoms with Crippen LogP contribution in [0, 0.1) is 3.57 Å². The molecule has 16 heteroatoms.